The minimum atomic E-state index is -3.93. The number of para-hydroxylation sites is 1. The number of anilines is 1. The molecule has 0 aliphatic rings. The number of ether oxygens (including phenoxy) is 1. The molecule has 0 radical (unpaired) electrons. The Hall–Kier alpha value is -2.55. The summed E-state index contributed by atoms with van der Waals surface area (Å²) < 4.78 is 32.8. The second kappa shape index (κ2) is 7.36. The smallest absolute Gasteiger partial charge is 0.338 e. The Morgan fingerprint density at radius 3 is 2.42 bits per heavy atom. The second-order valence-corrected chi connectivity index (χ2v) is 7.95. The number of carboxylic acids is 1. The fraction of sp³-hybridized carbons (Fsp3) is 0. The summed E-state index contributed by atoms with van der Waals surface area (Å²) in [6.45, 7) is 0. The van der Waals surface area contributed by atoms with Crippen LogP contribution in [-0.4, -0.2) is 19.5 Å². The molecule has 0 fully saturated rings. The third-order valence-corrected chi connectivity index (χ3v) is 5.77. The standard InChI is InChI=1S/C17H12ClNO5S2/c18-14-3-1-2-4-16(14)24-11-5-7-12(8-6-11)26(22,23)19-15-10-25-9-13(15)17(20)21/h1-10,19H,(H,20,21). The number of aromatic carboxylic acids is 1. The van der Waals surface area contributed by atoms with Crippen LogP contribution < -0.4 is 9.46 Å². The first-order chi connectivity index (χ1) is 12.4. The lowest BCUT2D eigenvalue weighted by Gasteiger charge is -2.10. The van der Waals surface area contributed by atoms with Gasteiger partial charge in [0, 0.05) is 10.8 Å². The molecule has 134 valence electrons. The zero-order valence-electron chi connectivity index (χ0n) is 13.0. The third kappa shape index (κ3) is 3.98. The van der Waals surface area contributed by atoms with Gasteiger partial charge >= 0.3 is 5.97 Å². The molecule has 1 aromatic heterocycles. The number of nitrogens with one attached hydrogen (secondary N) is 1. The molecule has 6 nitrogen and oxygen atoms in total. The lowest BCUT2D eigenvalue weighted by atomic mass is 10.3. The zero-order chi connectivity index (χ0) is 18.7. The van der Waals surface area contributed by atoms with Gasteiger partial charge in [-0.3, -0.25) is 4.72 Å². The molecule has 0 saturated carbocycles. The molecular weight excluding hydrogens is 398 g/mol. The van der Waals surface area contributed by atoms with Gasteiger partial charge in [0.1, 0.15) is 11.5 Å². The van der Waals surface area contributed by atoms with Gasteiger partial charge in [0.05, 0.1) is 21.2 Å². The topological polar surface area (TPSA) is 92.7 Å². The molecule has 0 atom stereocenters. The van der Waals surface area contributed by atoms with Crippen molar-refractivity contribution in [1.29, 1.82) is 0 Å². The van der Waals surface area contributed by atoms with Crippen molar-refractivity contribution in [3.63, 3.8) is 0 Å². The first kappa shape index (κ1) is 18.2. The minimum Gasteiger partial charge on any atom is -0.478 e. The highest BCUT2D eigenvalue weighted by molar-refractivity contribution is 7.92. The van der Waals surface area contributed by atoms with Crippen molar-refractivity contribution in [3.05, 3.63) is 69.9 Å². The van der Waals surface area contributed by atoms with Gasteiger partial charge in [-0.05, 0) is 36.4 Å². The van der Waals surface area contributed by atoms with Crippen molar-refractivity contribution < 1.29 is 23.1 Å². The van der Waals surface area contributed by atoms with E-state index in [-0.39, 0.29) is 16.1 Å². The van der Waals surface area contributed by atoms with E-state index in [2.05, 4.69) is 4.72 Å². The molecule has 0 amide bonds. The molecule has 2 aromatic carbocycles. The maximum Gasteiger partial charge on any atom is 0.338 e. The van der Waals surface area contributed by atoms with Crippen LogP contribution in [0.15, 0.2) is 64.2 Å². The van der Waals surface area contributed by atoms with Crippen LogP contribution in [0.2, 0.25) is 5.02 Å². The van der Waals surface area contributed by atoms with E-state index in [0.717, 1.165) is 11.3 Å². The quantitative estimate of drug-likeness (QED) is 0.615. The van der Waals surface area contributed by atoms with Crippen LogP contribution in [0.4, 0.5) is 5.69 Å². The second-order valence-electron chi connectivity index (χ2n) is 5.11. The monoisotopic (exact) mass is 409 g/mol. The van der Waals surface area contributed by atoms with Crippen LogP contribution in [0.1, 0.15) is 10.4 Å². The van der Waals surface area contributed by atoms with Crippen molar-refractivity contribution >= 4 is 44.6 Å². The van der Waals surface area contributed by atoms with E-state index in [1.807, 2.05) is 0 Å². The lowest BCUT2D eigenvalue weighted by molar-refractivity contribution is 0.0698. The summed E-state index contributed by atoms with van der Waals surface area (Å²) in [4.78, 5) is 11.1. The molecule has 3 rings (SSSR count). The first-order valence-electron chi connectivity index (χ1n) is 7.21. The normalized spacial score (nSPS) is 11.1. The highest BCUT2D eigenvalue weighted by atomic mass is 35.5. The third-order valence-electron chi connectivity index (χ3n) is 3.34. The Morgan fingerprint density at radius 1 is 1.08 bits per heavy atom. The molecule has 3 aromatic rings. The van der Waals surface area contributed by atoms with E-state index in [4.69, 9.17) is 21.4 Å². The number of hydrogen-bond acceptors (Lipinski definition) is 5. The van der Waals surface area contributed by atoms with Crippen LogP contribution in [0.25, 0.3) is 0 Å². The fourth-order valence-electron chi connectivity index (χ4n) is 2.09. The summed E-state index contributed by atoms with van der Waals surface area (Å²) in [6, 6.07) is 12.6. The Bertz CT molecular complexity index is 1050. The van der Waals surface area contributed by atoms with Crippen molar-refractivity contribution in [2.45, 2.75) is 4.90 Å². The number of thiophene rings is 1. The first-order valence-corrected chi connectivity index (χ1v) is 10.0. The van der Waals surface area contributed by atoms with Gasteiger partial charge in [-0.2, -0.15) is 0 Å². The SMILES string of the molecule is O=C(O)c1cscc1NS(=O)(=O)c1ccc(Oc2ccccc2Cl)cc1. The summed E-state index contributed by atoms with van der Waals surface area (Å²) in [5.41, 5.74) is -0.0730. The average Bonchev–Trinajstić information content (AvgIpc) is 3.05. The zero-order valence-corrected chi connectivity index (χ0v) is 15.4. The maximum atomic E-state index is 12.4. The molecule has 0 bridgehead atoms. The summed E-state index contributed by atoms with van der Waals surface area (Å²) in [6.07, 6.45) is 0. The number of halogens is 1. The van der Waals surface area contributed by atoms with Crippen LogP contribution in [0, 0.1) is 0 Å². The molecule has 0 saturated heterocycles. The van der Waals surface area contributed by atoms with Gasteiger partial charge in [-0.25, -0.2) is 13.2 Å². The summed E-state index contributed by atoms with van der Waals surface area (Å²) >= 11 is 7.12. The molecule has 0 aliphatic carbocycles. The number of sulfonamides is 1. The van der Waals surface area contributed by atoms with E-state index in [1.165, 1.54) is 35.0 Å². The Labute approximate surface area is 158 Å². The highest BCUT2D eigenvalue weighted by Gasteiger charge is 2.19. The van der Waals surface area contributed by atoms with E-state index in [0.29, 0.717) is 16.5 Å². The number of rotatable bonds is 6. The van der Waals surface area contributed by atoms with E-state index >= 15 is 0 Å². The van der Waals surface area contributed by atoms with Gasteiger partial charge < -0.3 is 9.84 Å². The van der Waals surface area contributed by atoms with E-state index < -0.39 is 16.0 Å². The van der Waals surface area contributed by atoms with Crippen molar-refractivity contribution in [1.82, 2.24) is 0 Å². The Balaban J connectivity index is 1.80. The largest absolute Gasteiger partial charge is 0.478 e. The molecule has 2 N–H and O–H groups in total. The van der Waals surface area contributed by atoms with Gasteiger partial charge in [-0.15, -0.1) is 11.3 Å². The van der Waals surface area contributed by atoms with Gasteiger partial charge in [0.25, 0.3) is 10.0 Å². The average molecular weight is 410 g/mol. The molecule has 0 aliphatic heterocycles. The minimum absolute atomic E-state index is 0.0217. The number of carboxylic acid groups (broad SMARTS) is 1. The number of hydrogen-bond donors (Lipinski definition) is 2. The predicted molar refractivity (Wildman–Crippen MR) is 100 cm³/mol. The van der Waals surface area contributed by atoms with Crippen molar-refractivity contribution in [2.75, 3.05) is 4.72 Å². The Kier molecular flexibility index (Phi) is 5.17. The van der Waals surface area contributed by atoms with E-state index in [9.17, 15) is 13.2 Å². The molecule has 26 heavy (non-hydrogen) atoms. The van der Waals surface area contributed by atoms with Crippen LogP contribution >= 0.6 is 22.9 Å². The molecular formula is C17H12ClNO5S2. The van der Waals surface area contributed by atoms with E-state index in [1.54, 1.807) is 24.3 Å². The van der Waals surface area contributed by atoms with Gasteiger partial charge in [-0.1, -0.05) is 23.7 Å². The fourth-order valence-corrected chi connectivity index (χ4v) is 4.16. The molecule has 0 unspecified atom stereocenters. The van der Waals surface area contributed by atoms with Crippen molar-refractivity contribution in [3.8, 4) is 11.5 Å². The van der Waals surface area contributed by atoms with Crippen LogP contribution in [-0.2, 0) is 10.0 Å². The number of carbonyl (C=O) groups is 1. The predicted octanol–water partition coefficient (Wildman–Crippen LogP) is 4.69. The lowest BCUT2D eigenvalue weighted by Crippen LogP contribution is -2.14. The molecule has 1 heterocycles. The van der Waals surface area contributed by atoms with Gasteiger partial charge in [0.15, 0.2) is 0 Å². The molecule has 9 heteroatoms. The summed E-state index contributed by atoms with van der Waals surface area (Å²) in [5, 5.41) is 12.3. The Morgan fingerprint density at radius 2 is 1.77 bits per heavy atom. The highest BCUT2D eigenvalue weighted by Crippen LogP contribution is 2.30. The van der Waals surface area contributed by atoms with Gasteiger partial charge in [0.2, 0.25) is 0 Å². The molecule has 0 spiro atoms. The maximum absolute atomic E-state index is 12.4. The van der Waals surface area contributed by atoms with Crippen molar-refractivity contribution in [2.24, 2.45) is 0 Å². The number of benzene rings is 2. The van der Waals surface area contributed by atoms with Crippen LogP contribution in [0.5, 0.6) is 11.5 Å². The summed E-state index contributed by atoms with van der Waals surface area (Å²) in [7, 11) is -3.93. The van der Waals surface area contributed by atoms with Crippen LogP contribution in [0.3, 0.4) is 0 Å². The summed E-state index contributed by atoms with van der Waals surface area (Å²) in [5.74, 6) is -0.335.